The van der Waals surface area contributed by atoms with E-state index >= 15 is 0 Å². The Morgan fingerprint density at radius 1 is 0.533 bits per heavy atom. The topological polar surface area (TPSA) is 76.1 Å². The van der Waals surface area contributed by atoms with Crippen molar-refractivity contribution in [2.45, 2.75) is 32.1 Å². The van der Waals surface area contributed by atoms with Crippen molar-refractivity contribution < 1.29 is 0 Å². The number of rotatable bonds is 12. The first-order valence-corrected chi connectivity index (χ1v) is 6.23. The molecule has 0 radical (unpaired) electrons. The van der Waals surface area contributed by atoms with Crippen molar-refractivity contribution in [1.82, 2.24) is 10.6 Å². The Morgan fingerprint density at radius 2 is 0.933 bits per heavy atom. The Morgan fingerprint density at radius 3 is 1.33 bits per heavy atom. The molecule has 0 saturated heterocycles. The van der Waals surface area contributed by atoms with Crippen LogP contribution in [0.25, 0.3) is 0 Å². The average molecular weight is 216 g/mol. The third-order valence-corrected chi connectivity index (χ3v) is 2.32. The first kappa shape index (κ1) is 14.8. The van der Waals surface area contributed by atoms with Gasteiger partial charge in [-0.3, -0.25) is 0 Å². The summed E-state index contributed by atoms with van der Waals surface area (Å²) < 4.78 is 0. The van der Waals surface area contributed by atoms with Crippen molar-refractivity contribution in [1.29, 1.82) is 0 Å². The molecular formula is C11H28N4. The van der Waals surface area contributed by atoms with Crippen LogP contribution in [0.3, 0.4) is 0 Å². The molecule has 0 amide bonds. The van der Waals surface area contributed by atoms with Gasteiger partial charge in [0.15, 0.2) is 0 Å². The lowest BCUT2D eigenvalue weighted by Crippen LogP contribution is -2.21. The number of nitrogens with one attached hydrogen (secondary N) is 2. The van der Waals surface area contributed by atoms with Crippen molar-refractivity contribution >= 4 is 0 Å². The fourth-order valence-corrected chi connectivity index (χ4v) is 1.38. The van der Waals surface area contributed by atoms with Crippen molar-refractivity contribution in [2.75, 3.05) is 39.3 Å². The van der Waals surface area contributed by atoms with E-state index in [1.807, 2.05) is 0 Å². The average Bonchev–Trinajstić information content (AvgIpc) is 2.26. The fourth-order valence-electron chi connectivity index (χ4n) is 1.38. The third kappa shape index (κ3) is 13.8. The zero-order valence-electron chi connectivity index (χ0n) is 9.93. The first-order chi connectivity index (χ1) is 7.41. The highest BCUT2D eigenvalue weighted by molar-refractivity contribution is 4.52. The van der Waals surface area contributed by atoms with Gasteiger partial charge in [-0.1, -0.05) is 6.42 Å². The highest BCUT2D eigenvalue weighted by atomic mass is 14.9. The third-order valence-electron chi connectivity index (χ3n) is 2.32. The van der Waals surface area contributed by atoms with Gasteiger partial charge in [-0.25, -0.2) is 0 Å². The number of unbranched alkanes of at least 4 members (excludes halogenated alkanes) is 2. The standard InChI is InChI=1S/C11H28N4/c12-6-4-10-14-8-2-1-3-9-15-11-5-7-13/h14-15H,1-13H2. The Hall–Kier alpha value is -0.160. The molecule has 0 aromatic carbocycles. The molecule has 4 heteroatoms. The maximum Gasteiger partial charge on any atom is -0.00369 e. The predicted molar refractivity (Wildman–Crippen MR) is 66.9 cm³/mol. The molecular weight excluding hydrogens is 188 g/mol. The summed E-state index contributed by atoms with van der Waals surface area (Å²) in [6.45, 7) is 5.96. The molecule has 6 N–H and O–H groups in total. The molecule has 0 aromatic heterocycles. The summed E-state index contributed by atoms with van der Waals surface area (Å²) in [4.78, 5) is 0. The van der Waals surface area contributed by atoms with Gasteiger partial charge in [0.1, 0.15) is 0 Å². The van der Waals surface area contributed by atoms with E-state index in [4.69, 9.17) is 11.5 Å². The van der Waals surface area contributed by atoms with Crippen LogP contribution < -0.4 is 22.1 Å². The monoisotopic (exact) mass is 216 g/mol. The van der Waals surface area contributed by atoms with E-state index in [1.54, 1.807) is 0 Å². The molecule has 15 heavy (non-hydrogen) atoms. The Labute approximate surface area is 94.2 Å². The molecule has 0 aliphatic heterocycles. The maximum atomic E-state index is 5.39. The van der Waals surface area contributed by atoms with Gasteiger partial charge in [0.25, 0.3) is 0 Å². The second kappa shape index (κ2) is 13.8. The second-order valence-electron chi connectivity index (χ2n) is 3.85. The molecule has 0 spiro atoms. The number of hydrogen-bond donors (Lipinski definition) is 4. The second-order valence-corrected chi connectivity index (χ2v) is 3.85. The van der Waals surface area contributed by atoms with Crippen molar-refractivity contribution in [3.63, 3.8) is 0 Å². The minimum Gasteiger partial charge on any atom is -0.330 e. The summed E-state index contributed by atoms with van der Waals surface area (Å²) in [5, 5.41) is 6.76. The lowest BCUT2D eigenvalue weighted by Gasteiger charge is -2.05. The quantitative estimate of drug-likeness (QED) is 0.347. The largest absolute Gasteiger partial charge is 0.330 e. The van der Waals surface area contributed by atoms with Crippen molar-refractivity contribution in [3.05, 3.63) is 0 Å². The summed E-state index contributed by atoms with van der Waals surface area (Å²) in [6.07, 6.45) is 6.00. The van der Waals surface area contributed by atoms with Crippen LogP contribution in [0, 0.1) is 0 Å². The Balaban J connectivity index is 2.81. The molecule has 0 aromatic rings. The van der Waals surface area contributed by atoms with Gasteiger partial charge < -0.3 is 22.1 Å². The normalized spacial score (nSPS) is 10.8. The van der Waals surface area contributed by atoms with E-state index in [0.29, 0.717) is 0 Å². The van der Waals surface area contributed by atoms with Gasteiger partial charge in [0, 0.05) is 0 Å². The van der Waals surface area contributed by atoms with Crippen LogP contribution in [-0.2, 0) is 0 Å². The van der Waals surface area contributed by atoms with Crippen molar-refractivity contribution in [3.8, 4) is 0 Å². The Kier molecular flexibility index (Phi) is 13.7. The molecule has 0 rings (SSSR count). The highest BCUT2D eigenvalue weighted by Crippen LogP contribution is 1.92. The summed E-state index contributed by atoms with van der Waals surface area (Å²) in [5.74, 6) is 0. The first-order valence-electron chi connectivity index (χ1n) is 6.23. The van der Waals surface area contributed by atoms with Gasteiger partial charge in [-0.15, -0.1) is 0 Å². The molecule has 0 saturated carbocycles. The van der Waals surface area contributed by atoms with Gasteiger partial charge in [-0.2, -0.15) is 0 Å². The maximum absolute atomic E-state index is 5.39. The molecule has 4 nitrogen and oxygen atoms in total. The zero-order valence-corrected chi connectivity index (χ0v) is 9.93. The molecule has 0 bridgehead atoms. The minimum absolute atomic E-state index is 0.790. The van der Waals surface area contributed by atoms with E-state index in [9.17, 15) is 0 Å². The summed E-state index contributed by atoms with van der Waals surface area (Å²) in [7, 11) is 0. The van der Waals surface area contributed by atoms with E-state index in [0.717, 1.165) is 52.1 Å². The zero-order chi connectivity index (χ0) is 11.2. The molecule has 0 fully saturated rings. The summed E-state index contributed by atoms with van der Waals surface area (Å²) in [5.41, 5.74) is 10.8. The van der Waals surface area contributed by atoms with Crippen LogP contribution in [0.4, 0.5) is 0 Å². The van der Waals surface area contributed by atoms with Gasteiger partial charge >= 0.3 is 0 Å². The van der Waals surface area contributed by atoms with Crippen LogP contribution in [0.1, 0.15) is 32.1 Å². The molecule has 0 aliphatic carbocycles. The SMILES string of the molecule is NCCCNCCCCCNCCCN. The Bertz CT molecular complexity index is 96.8. The number of nitrogens with two attached hydrogens (primary N) is 2. The molecule has 0 atom stereocenters. The van der Waals surface area contributed by atoms with Crippen LogP contribution in [-0.4, -0.2) is 39.3 Å². The molecule has 0 unspecified atom stereocenters. The minimum atomic E-state index is 0.790. The van der Waals surface area contributed by atoms with Crippen molar-refractivity contribution in [2.24, 2.45) is 11.5 Å². The van der Waals surface area contributed by atoms with Crippen LogP contribution in [0.15, 0.2) is 0 Å². The summed E-state index contributed by atoms with van der Waals surface area (Å²) >= 11 is 0. The van der Waals surface area contributed by atoms with E-state index < -0.39 is 0 Å². The van der Waals surface area contributed by atoms with Crippen LogP contribution in [0.5, 0.6) is 0 Å². The van der Waals surface area contributed by atoms with Crippen LogP contribution >= 0.6 is 0 Å². The molecule has 0 heterocycles. The summed E-state index contributed by atoms with van der Waals surface area (Å²) in [6, 6.07) is 0. The van der Waals surface area contributed by atoms with Gasteiger partial charge in [0.05, 0.1) is 0 Å². The molecule has 92 valence electrons. The number of hydrogen-bond acceptors (Lipinski definition) is 4. The lowest BCUT2D eigenvalue weighted by atomic mass is 10.2. The fraction of sp³-hybridized carbons (Fsp3) is 1.00. The van der Waals surface area contributed by atoms with Crippen LogP contribution in [0.2, 0.25) is 0 Å². The lowest BCUT2D eigenvalue weighted by molar-refractivity contribution is 0.562. The smallest absolute Gasteiger partial charge is 0.00369 e. The van der Waals surface area contributed by atoms with Gasteiger partial charge in [0.2, 0.25) is 0 Å². The van der Waals surface area contributed by atoms with Gasteiger partial charge in [-0.05, 0) is 65.0 Å². The molecule has 0 aliphatic rings. The predicted octanol–water partition coefficient (Wildman–Crippen LogP) is 0.0335. The van der Waals surface area contributed by atoms with E-state index in [1.165, 1.54) is 19.3 Å². The highest BCUT2D eigenvalue weighted by Gasteiger charge is 1.90. The van der Waals surface area contributed by atoms with E-state index in [-0.39, 0.29) is 0 Å². The van der Waals surface area contributed by atoms with E-state index in [2.05, 4.69) is 10.6 Å².